The average molecular weight is 341 g/mol. The van der Waals surface area contributed by atoms with Gasteiger partial charge in [0, 0.05) is 24.6 Å². The molecule has 2 aromatic carbocycles. The van der Waals surface area contributed by atoms with Crippen molar-refractivity contribution in [2.45, 2.75) is 32.4 Å². The molecule has 0 aliphatic heterocycles. The lowest BCUT2D eigenvalue weighted by Gasteiger charge is -2.31. The molecule has 4 nitrogen and oxygen atoms in total. The van der Waals surface area contributed by atoms with Gasteiger partial charge in [-0.1, -0.05) is 49.4 Å². The number of aliphatic hydroxyl groups is 1. The number of aliphatic hydroxyl groups excluding tert-OH is 1. The van der Waals surface area contributed by atoms with Gasteiger partial charge in [-0.25, -0.2) is 0 Å². The molecule has 1 N–H and O–H groups in total. The smallest absolute Gasteiger partial charge is 0.164 e. The largest absolute Gasteiger partial charge is 0.497 e. The van der Waals surface area contributed by atoms with Gasteiger partial charge in [-0.15, -0.1) is 0 Å². The van der Waals surface area contributed by atoms with Crippen LogP contribution in [0.4, 0.5) is 0 Å². The minimum absolute atomic E-state index is 0.0643. The van der Waals surface area contributed by atoms with Crippen molar-refractivity contribution >= 4 is 5.78 Å². The van der Waals surface area contributed by atoms with Crippen molar-refractivity contribution < 1.29 is 14.6 Å². The van der Waals surface area contributed by atoms with E-state index in [9.17, 15) is 9.90 Å². The van der Waals surface area contributed by atoms with Crippen LogP contribution in [0.15, 0.2) is 54.6 Å². The van der Waals surface area contributed by atoms with Crippen molar-refractivity contribution in [3.63, 3.8) is 0 Å². The molecular weight excluding hydrogens is 314 g/mol. The molecule has 0 bridgehead atoms. The van der Waals surface area contributed by atoms with Gasteiger partial charge in [-0.3, -0.25) is 9.69 Å². The van der Waals surface area contributed by atoms with Gasteiger partial charge in [0.2, 0.25) is 0 Å². The van der Waals surface area contributed by atoms with E-state index >= 15 is 0 Å². The van der Waals surface area contributed by atoms with Gasteiger partial charge in [0.15, 0.2) is 5.78 Å². The molecule has 0 aliphatic carbocycles. The molecule has 0 amide bonds. The standard InChI is InChI=1S/C21H27NO3/c1-4-22(16(2)21(24)17-9-6-5-7-10-17)14-13-20(23)18-11-8-12-19(15-18)25-3/h5-12,15-16,21,24H,4,13-14H2,1-3H3. The summed E-state index contributed by atoms with van der Waals surface area (Å²) in [5.41, 5.74) is 1.55. The third-order valence-corrected chi connectivity index (χ3v) is 4.60. The molecule has 2 aromatic rings. The topological polar surface area (TPSA) is 49.8 Å². The highest BCUT2D eigenvalue weighted by Gasteiger charge is 2.22. The van der Waals surface area contributed by atoms with Gasteiger partial charge in [-0.2, -0.15) is 0 Å². The lowest BCUT2D eigenvalue weighted by molar-refractivity contribution is 0.0581. The highest BCUT2D eigenvalue weighted by atomic mass is 16.5. The normalized spacial score (nSPS) is 13.5. The third-order valence-electron chi connectivity index (χ3n) is 4.60. The van der Waals surface area contributed by atoms with E-state index in [1.165, 1.54) is 0 Å². The SMILES string of the molecule is CCN(CCC(=O)c1cccc(OC)c1)C(C)C(O)c1ccccc1. The highest BCUT2D eigenvalue weighted by molar-refractivity contribution is 5.96. The number of rotatable bonds is 9. The number of nitrogens with zero attached hydrogens (tertiary/aromatic N) is 1. The zero-order chi connectivity index (χ0) is 18.2. The van der Waals surface area contributed by atoms with Gasteiger partial charge < -0.3 is 9.84 Å². The Hall–Kier alpha value is -2.17. The Labute approximate surface area is 150 Å². The van der Waals surface area contributed by atoms with Crippen LogP contribution in [-0.2, 0) is 0 Å². The minimum atomic E-state index is -0.576. The molecule has 134 valence electrons. The van der Waals surface area contributed by atoms with Crippen LogP contribution in [0, 0.1) is 0 Å². The summed E-state index contributed by atoms with van der Waals surface area (Å²) in [6, 6.07) is 16.8. The van der Waals surface area contributed by atoms with Crippen LogP contribution in [0.1, 0.15) is 42.3 Å². The maximum absolute atomic E-state index is 12.5. The Morgan fingerprint density at radius 2 is 1.88 bits per heavy atom. The molecule has 0 spiro atoms. The van der Waals surface area contributed by atoms with E-state index < -0.39 is 6.10 Å². The fourth-order valence-electron chi connectivity index (χ4n) is 2.96. The van der Waals surface area contributed by atoms with Crippen molar-refractivity contribution in [1.29, 1.82) is 0 Å². The zero-order valence-corrected chi connectivity index (χ0v) is 15.2. The van der Waals surface area contributed by atoms with Crippen LogP contribution in [0.2, 0.25) is 0 Å². The second kappa shape index (κ2) is 9.35. The summed E-state index contributed by atoms with van der Waals surface area (Å²) in [7, 11) is 1.59. The molecule has 2 rings (SSSR count). The molecule has 2 atom stereocenters. The average Bonchev–Trinajstić information content (AvgIpc) is 2.68. The van der Waals surface area contributed by atoms with Gasteiger partial charge in [-0.05, 0) is 31.2 Å². The number of ketones is 1. The van der Waals surface area contributed by atoms with Gasteiger partial charge in [0.25, 0.3) is 0 Å². The van der Waals surface area contributed by atoms with Crippen molar-refractivity contribution in [2.24, 2.45) is 0 Å². The number of hydrogen-bond acceptors (Lipinski definition) is 4. The van der Waals surface area contributed by atoms with Crippen LogP contribution in [0.5, 0.6) is 5.75 Å². The van der Waals surface area contributed by atoms with Gasteiger partial charge >= 0.3 is 0 Å². The number of carbonyl (C=O) groups excluding carboxylic acids is 1. The second-order valence-corrected chi connectivity index (χ2v) is 6.13. The van der Waals surface area contributed by atoms with E-state index in [0.717, 1.165) is 12.1 Å². The number of carbonyl (C=O) groups is 1. The van der Waals surface area contributed by atoms with Crippen molar-refractivity contribution in [3.8, 4) is 5.75 Å². The molecule has 0 saturated heterocycles. The Kier molecular flexibility index (Phi) is 7.16. The van der Waals surface area contributed by atoms with E-state index in [1.54, 1.807) is 13.2 Å². The third kappa shape index (κ3) is 5.15. The van der Waals surface area contributed by atoms with Crippen molar-refractivity contribution in [1.82, 2.24) is 4.90 Å². The number of benzene rings is 2. The predicted octanol–water partition coefficient (Wildman–Crippen LogP) is 3.71. The Morgan fingerprint density at radius 1 is 1.16 bits per heavy atom. The summed E-state index contributed by atoms with van der Waals surface area (Å²) in [5.74, 6) is 0.768. The van der Waals surface area contributed by atoms with Crippen molar-refractivity contribution in [2.75, 3.05) is 20.2 Å². The summed E-state index contributed by atoms with van der Waals surface area (Å²) in [4.78, 5) is 14.6. The number of Topliss-reactive ketones (excluding diaryl/α,β-unsaturated/α-hetero) is 1. The summed E-state index contributed by atoms with van der Waals surface area (Å²) < 4.78 is 5.17. The number of likely N-dealkylation sites (N-methyl/N-ethyl adjacent to an activating group) is 1. The molecule has 0 radical (unpaired) electrons. The number of hydrogen-bond donors (Lipinski definition) is 1. The summed E-state index contributed by atoms with van der Waals surface area (Å²) in [6.45, 7) is 5.43. The second-order valence-electron chi connectivity index (χ2n) is 6.13. The summed E-state index contributed by atoms with van der Waals surface area (Å²) >= 11 is 0. The number of methoxy groups -OCH3 is 1. The molecular formula is C21H27NO3. The first-order valence-electron chi connectivity index (χ1n) is 8.71. The first-order chi connectivity index (χ1) is 12.1. The van der Waals surface area contributed by atoms with E-state index in [0.29, 0.717) is 24.3 Å². The number of ether oxygens (including phenoxy) is 1. The molecule has 2 unspecified atom stereocenters. The fourth-order valence-corrected chi connectivity index (χ4v) is 2.96. The summed E-state index contributed by atoms with van der Waals surface area (Å²) in [6.07, 6.45) is -0.166. The van der Waals surface area contributed by atoms with E-state index in [2.05, 4.69) is 4.90 Å². The maximum Gasteiger partial charge on any atom is 0.164 e. The highest BCUT2D eigenvalue weighted by Crippen LogP contribution is 2.21. The van der Waals surface area contributed by atoms with Crippen LogP contribution in [0.3, 0.4) is 0 Å². The molecule has 0 saturated carbocycles. The van der Waals surface area contributed by atoms with Gasteiger partial charge in [0.05, 0.1) is 13.2 Å². The first kappa shape index (κ1) is 19.2. The lowest BCUT2D eigenvalue weighted by atomic mass is 10.0. The molecule has 25 heavy (non-hydrogen) atoms. The van der Waals surface area contributed by atoms with Crippen LogP contribution < -0.4 is 4.74 Å². The molecule has 0 aromatic heterocycles. The van der Waals surface area contributed by atoms with E-state index in [4.69, 9.17) is 4.74 Å². The predicted molar refractivity (Wildman–Crippen MR) is 100 cm³/mol. The van der Waals surface area contributed by atoms with E-state index in [-0.39, 0.29) is 11.8 Å². The Morgan fingerprint density at radius 3 is 2.52 bits per heavy atom. The lowest BCUT2D eigenvalue weighted by Crippen LogP contribution is -2.38. The summed E-state index contributed by atoms with van der Waals surface area (Å²) in [5, 5.41) is 10.6. The fraction of sp³-hybridized carbons (Fsp3) is 0.381. The molecule has 0 fully saturated rings. The van der Waals surface area contributed by atoms with E-state index in [1.807, 2.05) is 62.4 Å². The zero-order valence-electron chi connectivity index (χ0n) is 15.2. The first-order valence-corrected chi connectivity index (χ1v) is 8.71. The minimum Gasteiger partial charge on any atom is -0.497 e. The van der Waals surface area contributed by atoms with Crippen LogP contribution >= 0.6 is 0 Å². The monoisotopic (exact) mass is 341 g/mol. The Bertz CT molecular complexity index is 672. The molecule has 0 aliphatic rings. The molecule has 4 heteroatoms. The Balaban J connectivity index is 1.98. The molecule has 0 heterocycles. The van der Waals surface area contributed by atoms with Crippen LogP contribution in [0.25, 0.3) is 0 Å². The quantitative estimate of drug-likeness (QED) is 0.707. The maximum atomic E-state index is 12.5. The van der Waals surface area contributed by atoms with Crippen LogP contribution in [-0.4, -0.2) is 42.0 Å². The van der Waals surface area contributed by atoms with Gasteiger partial charge in [0.1, 0.15) is 5.75 Å². The van der Waals surface area contributed by atoms with Crippen molar-refractivity contribution in [3.05, 3.63) is 65.7 Å².